The van der Waals surface area contributed by atoms with Gasteiger partial charge < -0.3 is 0 Å². The van der Waals surface area contributed by atoms with E-state index in [-0.39, 0.29) is 11.7 Å². The van der Waals surface area contributed by atoms with Gasteiger partial charge in [-0.15, -0.1) is 0 Å². The summed E-state index contributed by atoms with van der Waals surface area (Å²) in [4.78, 5) is 12.3. The molecule has 0 aromatic carbocycles. The Kier molecular flexibility index (Phi) is 3.09. The first-order valence-electron chi connectivity index (χ1n) is 6.39. The average Bonchev–Trinajstić information content (AvgIpc) is 2.37. The highest BCUT2D eigenvalue weighted by Crippen LogP contribution is 2.35. The topological polar surface area (TPSA) is 17.1 Å². The second-order valence-corrected chi connectivity index (χ2v) is 5.48. The molecular weight excluding hydrogens is 244 g/mol. The third-order valence-electron chi connectivity index (χ3n) is 3.86. The average molecular weight is 259 g/mol. The monoisotopic (exact) mass is 258 g/mol. The fourth-order valence-electron chi connectivity index (χ4n) is 2.85. The summed E-state index contributed by atoms with van der Waals surface area (Å²) >= 11 is 6.03. The molecule has 2 atom stereocenters. The van der Waals surface area contributed by atoms with Gasteiger partial charge in [-0.2, -0.15) is 0 Å². The first kappa shape index (κ1) is 11.7. The van der Waals surface area contributed by atoms with Gasteiger partial charge in [0.05, 0.1) is 0 Å². The molecule has 3 aliphatic rings. The van der Waals surface area contributed by atoms with E-state index in [0.717, 1.165) is 23.4 Å². The first-order valence-corrected chi connectivity index (χ1v) is 6.77. The van der Waals surface area contributed by atoms with Crippen LogP contribution in [0.15, 0.2) is 58.7 Å². The number of hydrogen-bond donors (Lipinski definition) is 0. The van der Waals surface area contributed by atoms with Gasteiger partial charge >= 0.3 is 0 Å². The quantitative estimate of drug-likeness (QED) is 0.640. The molecular formula is C16H15ClO. The fourth-order valence-corrected chi connectivity index (χ4v) is 3.05. The third kappa shape index (κ3) is 2.15. The van der Waals surface area contributed by atoms with E-state index in [1.54, 1.807) is 0 Å². The zero-order chi connectivity index (χ0) is 12.5. The van der Waals surface area contributed by atoms with E-state index in [0.29, 0.717) is 12.3 Å². The van der Waals surface area contributed by atoms with Crippen LogP contribution in [0, 0.1) is 11.8 Å². The van der Waals surface area contributed by atoms with Crippen LogP contribution in [0.25, 0.3) is 0 Å². The number of carbonyl (C=O) groups is 1. The van der Waals surface area contributed by atoms with E-state index >= 15 is 0 Å². The molecule has 0 aromatic heterocycles. The van der Waals surface area contributed by atoms with Gasteiger partial charge in [0.1, 0.15) is 0 Å². The van der Waals surface area contributed by atoms with Crippen molar-refractivity contribution in [2.75, 3.05) is 0 Å². The highest BCUT2D eigenvalue weighted by atomic mass is 35.5. The van der Waals surface area contributed by atoms with Gasteiger partial charge in [0.25, 0.3) is 0 Å². The molecule has 0 saturated heterocycles. The maximum Gasteiger partial charge on any atom is 0.160 e. The van der Waals surface area contributed by atoms with Crippen molar-refractivity contribution in [3.8, 4) is 0 Å². The Balaban J connectivity index is 1.96. The Morgan fingerprint density at radius 3 is 3.06 bits per heavy atom. The number of Topliss-reactive ketones (excluding diaryl/α,β-unsaturated/α-hetero) is 1. The summed E-state index contributed by atoms with van der Waals surface area (Å²) in [6, 6.07) is 0. The number of fused-ring (bicyclic) bond motifs is 2. The van der Waals surface area contributed by atoms with Crippen molar-refractivity contribution >= 4 is 17.4 Å². The highest BCUT2D eigenvalue weighted by Gasteiger charge is 2.27. The van der Waals surface area contributed by atoms with Crippen LogP contribution in [0.2, 0.25) is 0 Å². The molecule has 1 nitrogen and oxygen atoms in total. The molecule has 3 aliphatic carbocycles. The van der Waals surface area contributed by atoms with Crippen molar-refractivity contribution in [2.45, 2.75) is 19.3 Å². The Labute approximate surface area is 112 Å². The summed E-state index contributed by atoms with van der Waals surface area (Å²) in [6.07, 6.45) is 16.8. The van der Waals surface area contributed by atoms with Crippen LogP contribution in [0.4, 0.5) is 0 Å². The van der Waals surface area contributed by atoms with E-state index in [1.807, 2.05) is 30.4 Å². The predicted octanol–water partition coefficient (Wildman–Crippen LogP) is 4.09. The minimum absolute atomic E-state index is 0.202. The maximum atomic E-state index is 12.3. The molecule has 0 radical (unpaired) electrons. The van der Waals surface area contributed by atoms with E-state index in [1.165, 1.54) is 5.57 Å². The number of halogens is 1. The van der Waals surface area contributed by atoms with E-state index in [9.17, 15) is 4.79 Å². The van der Waals surface area contributed by atoms with Crippen molar-refractivity contribution < 1.29 is 4.79 Å². The molecule has 2 heteroatoms. The summed E-state index contributed by atoms with van der Waals surface area (Å²) in [5, 5.41) is 0.754. The predicted molar refractivity (Wildman–Crippen MR) is 74.2 cm³/mol. The van der Waals surface area contributed by atoms with Crippen molar-refractivity contribution in [3.05, 3.63) is 58.7 Å². The standard InChI is InChI=1S/C16H15ClO/c17-14-8-7-13-10-16(18)15-4-2-1-3-11(15)5-6-12(13)9-14/h1-2,4,6-9,11,13H,3,5,10H2. The minimum atomic E-state index is 0.202. The van der Waals surface area contributed by atoms with Crippen LogP contribution in [-0.2, 0) is 4.79 Å². The number of hydrogen-bond acceptors (Lipinski definition) is 1. The van der Waals surface area contributed by atoms with Gasteiger partial charge in [-0.1, -0.05) is 42.0 Å². The lowest BCUT2D eigenvalue weighted by Gasteiger charge is -2.26. The molecule has 0 heterocycles. The van der Waals surface area contributed by atoms with E-state index < -0.39 is 0 Å². The van der Waals surface area contributed by atoms with Gasteiger partial charge in [0, 0.05) is 17.4 Å². The van der Waals surface area contributed by atoms with Crippen molar-refractivity contribution in [1.29, 1.82) is 0 Å². The Hall–Kier alpha value is -1.34. The normalized spacial score (nSPS) is 30.5. The lowest BCUT2D eigenvalue weighted by atomic mass is 9.78. The lowest BCUT2D eigenvalue weighted by molar-refractivity contribution is -0.116. The molecule has 0 bridgehead atoms. The molecule has 0 aromatic rings. The molecule has 0 fully saturated rings. The van der Waals surface area contributed by atoms with Crippen molar-refractivity contribution in [2.24, 2.45) is 11.8 Å². The van der Waals surface area contributed by atoms with Crippen LogP contribution in [0.1, 0.15) is 19.3 Å². The first-order chi connectivity index (χ1) is 8.74. The van der Waals surface area contributed by atoms with Gasteiger partial charge in [-0.25, -0.2) is 0 Å². The zero-order valence-corrected chi connectivity index (χ0v) is 10.9. The number of carbonyl (C=O) groups excluding carboxylic acids is 1. The van der Waals surface area contributed by atoms with Gasteiger partial charge in [-0.3, -0.25) is 4.79 Å². The van der Waals surface area contributed by atoms with E-state index in [4.69, 9.17) is 11.6 Å². The van der Waals surface area contributed by atoms with Crippen LogP contribution in [0.5, 0.6) is 0 Å². The minimum Gasteiger partial charge on any atom is -0.295 e. The number of allylic oxidation sites excluding steroid dienone is 10. The van der Waals surface area contributed by atoms with Crippen LogP contribution in [-0.4, -0.2) is 5.78 Å². The summed E-state index contributed by atoms with van der Waals surface area (Å²) in [5.74, 6) is 0.845. The molecule has 0 N–H and O–H groups in total. The molecule has 0 spiro atoms. The second-order valence-electron chi connectivity index (χ2n) is 5.04. The second kappa shape index (κ2) is 4.74. The molecule has 3 rings (SSSR count). The molecule has 92 valence electrons. The summed E-state index contributed by atoms with van der Waals surface area (Å²) in [6.45, 7) is 0. The lowest BCUT2D eigenvalue weighted by Crippen LogP contribution is -2.20. The summed E-state index contributed by atoms with van der Waals surface area (Å²) in [5.41, 5.74) is 2.20. The molecule has 18 heavy (non-hydrogen) atoms. The number of rotatable bonds is 0. The van der Waals surface area contributed by atoms with Crippen molar-refractivity contribution in [1.82, 2.24) is 0 Å². The van der Waals surface area contributed by atoms with Gasteiger partial charge in [-0.05, 0) is 42.1 Å². The summed E-state index contributed by atoms with van der Waals surface area (Å²) in [7, 11) is 0. The Morgan fingerprint density at radius 1 is 1.28 bits per heavy atom. The number of ketones is 1. The van der Waals surface area contributed by atoms with E-state index in [2.05, 4.69) is 12.2 Å². The Morgan fingerprint density at radius 2 is 2.17 bits per heavy atom. The van der Waals surface area contributed by atoms with Crippen LogP contribution >= 0.6 is 11.6 Å². The van der Waals surface area contributed by atoms with Gasteiger partial charge in [0.2, 0.25) is 0 Å². The van der Waals surface area contributed by atoms with Crippen molar-refractivity contribution in [3.63, 3.8) is 0 Å². The molecule has 2 unspecified atom stereocenters. The van der Waals surface area contributed by atoms with Crippen LogP contribution in [0.3, 0.4) is 0 Å². The third-order valence-corrected chi connectivity index (χ3v) is 4.09. The molecule has 0 aliphatic heterocycles. The summed E-state index contributed by atoms with van der Waals surface area (Å²) < 4.78 is 0. The maximum absolute atomic E-state index is 12.3. The molecule has 0 amide bonds. The molecule has 0 saturated carbocycles. The largest absolute Gasteiger partial charge is 0.295 e. The van der Waals surface area contributed by atoms with Crippen LogP contribution < -0.4 is 0 Å². The van der Waals surface area contributed by atoms with Gasteiger partial charge in [0.15, 0.2) is 5.78 Å². The highest BCUT2D eigenvalue weighted by molar-refractivity contribution is 6.31. The smallest absolute Gasteiger partial charge is 0.160 e. The zero-order valence-electron chi connectivity index (χ0n) is 10.1. The Bertz CT molecular complexity index is 531. The SMILES string of the molecule is O=C1CC2C=CC(Cl)=CC2=CCC2CC=CC=C12. The fraction of sp³-hybridized carbons (Fsp3) is 0.312.